The molecule has 90 valence electrons. The summed E-state index contributed by atoms with van der Waals surface area (Å²) in [5, 5.41) is 0. The van der Waals surface area contributed by atoms with E-state index in [9.17, 15) is 9.59 Å². The van der Waals surface area contributed by atoms with Crippen molar-refractivity contribution in [2.24, 2.45) is 17.8 Å². The zero-order valence-corrected chi connectivity index (χ0v) is 11.0. The highest BCUT2D eigenvalue weighted by atomic mass is 79.9. The van der Waals surface area contributed by atoms with Crippen molar-refractivity contribution >= 4 is 28.2 Å². The van der Waals surface area contributed by atoms with Gasteiger partial charge >= 0.3 is 0 Å². The minimum atomic E-state index is -0.0191. The van der Waals surface area contributed by atoms with Crippen molar-refractivity contribution in [2.75, 3.05) is 0 Å². The molecule has 2 rings (SSSR count). The van der Waals surface area contributed by atoms with Crippen molar-refractivity contribution in [2.45, 2.75) is 43.5 Å². The summed E-state index contributed by atoms with van der Waals surface area (Å²) < 4.78 is 5.11. The Morgan fingerprint density at radius 2 is 2.12 bits per heavy atom. The van der Waals surface area contributed by atoms with Crippen LogP contribution in [-0.2, 0) is 14.3 Å². The normalized spacial score (nSPS) is 43.6. The van der Waals surface area contributed by atoms with Gasteiger partial charge in [0.25, 0.3) is 6.47 Å². The molecular weight excluding hydrogens is 272 g/mol. The molecule has 0 aromatic carbocycles. The third-order valence-electron chi connectivity index (χ3n) is 4.02. The van der Waals surface area contributed by atoms with Gasteiger partial charge in [-0.05, 0) is 30.6 Å². The van der Waals surface area contributed by atoms with E-state index >= 15 is 0 Å². The predicted octanol–water partition coefficient (Wildman–Crippen LogP) is 2.32. The molecule has 4 heteroatoms. The van der Waals surface area contributed by atoms with E-state index in [1.165, 1.54) is 0 Å². The van der Waals surface area contributed by atoms with Crippen LogP contribution in [0.15, 0.2) is 0 Å². The topological polar surface area (TPSA) is 43.4 Å². The summed E-state index contributed by atoms with van der Waals surface area (Å²) in [5.41, 5.74) is 0. The Bertz CT molecular complexity index is 292. The van der Waals surface area contributed by atoms with Gasteiger partial charge < -0.3 is 4.74 Å². The second kappa shape index (κ2) is 4.86. The van der Waals surface area contributed by atoms with Crippen LogP contribution in [0.5, 0.6) is 0 Å². The van der Waals surface area contributed by atoms with Gasteiger partial charge in [-0.3, -0.25) is 9.59 Å². The number of rotatable bonds is 2. The molecule has 2 saturated carbocycles. The summed E-state index contributed by atoms with van der Waals surface area (Å²) in [6.45, 7) is 2.67. The predicted molar refractivity (Wildman–Crippen MR) is 63.3 cm³/mol. The van der Waals surface area contributed by atoms with Gasteiger partial charge in [0.2, 0.25) is 0 Å². The Kier molecular flexibility index (Phi) is 3.67. The van der Waals surface area contributed by atoms with Crippen molar-refractivity contribution in [1.29, 1.82) is 0 Å². The Morgan fingerprint density at radius 3 is 2.81 bits per heavy atom. The minimum Gasteiger partial charge on any atom is -0.463 e. The zero-order valence-electron chi connectivity index (χ0n) is 9.40. The molecule has 3 nitrogen and oxygen atoms in total. The Morgan fingerprint density at radius 1 is 1.38 bits per heavy atom. The molecule has 0 aromatic rings. The van der Waals surface area contributed by atoms with Crippen molar-refractivity contribution in [3.8, 4) is 0 Å². The van der Waals surface area contributed by atoms with Crippen LogP contribution < -0.4 is 0 Å². The molecule has 0 aliphatic heterocycles. The van der Waals surface area contributed by atoms with E-state index in [0.717, 1.165) is 12.8 Å². The first-order valence-corrected chi connectivity index (χ1v) is 6.80. The number of carbonyl (C=O) groups is 2. The van der Waals surface area contributed by atoms with Gasteiger partial charge in [0.1, 0.15) is 11.9 Å². The van der Waals surface area contributed by atoms with Crippen LogP contribution in [0.2, 0.25) is 0 Å². The molecule has 5 atom stereocenters. The number of hydrogen-bond donors (Lipinski definition) is 0. The molecule has 0 aromatic heterocycles. The summed E-state index contributed by atoms with van der Waals surface area (Å²) in [4.78, 5) is 22.2. The third-order valence-corrected chi connectivity index (χ3v) is 5.22. The number of hydrogen-bond acceptors (Lipinski definition) is 3. The lowest BCUT2D eigenvalue weighted by Crippen LogP contribution is -2.46. The van der Waals surface area contributed by atoms with E-state index in [-0.39, 0.29) is 10.9 Å². The summed E-state index contributed by atoms with van der Waals surface area (Å²) in [7, 11) is 0. The second-order valence-electron chi connectivity index (χ2n) is 5.05. The third kappa shape index (κ3) is 2.17. The van der Waals surface area contributed by atoms with Crippen molar-refractivity contribution < 1.29 is 14.3 Å². The molecule has 0 heterocycles. The molecule has 2 fully saturated rings. The van der Waals surface area contributed by atoms with Gasteiger partial charge in [0, 0.05) is 12.8 Å². The van der Waals surface area contributed by atoms with Crippen LogP contribution in [0.25, 0.3) is 0 Å². The molecule has 0 bridgehead atoms. The minimum absolute atomic E-state index is 0.0191. The fourth-order valence-corrected chi connectivity index (χ4v) is 4.68. The van der Waals surface area contributed by atoms with Gasteiger partial charge in [0.15, 0.2) is 0 Å². The van der Waals surface area contributed by atoms with E-state index in [0.29, 0.717) is 42.9 Å². The van der Waals surface area contributed by atoms with E-state index in [1.54, 1.807) is 0 Å². The molecule has 4 unspecified atom stereocenters. The lowest BCUT2D eigenvalue weighted by molar-refractivity contribution is -0.139. The summed E-state index contributed by atoms with van der Waals surface area (Å²) in [5.74, 6) is 1.74. The first-order valence-electron chi connectivity index (χ1n) is 5.88. The molecule has 0 radical (unpaired) electrons. The number of Topliss-reactive ketones (excluding diaryl/α,β-unsaturated/α-hetero) is 1. The molecule has 0 N–H and O–H groups in total. The number of alkyl halides is 1. The number of ether oxygens (including phenoxy) is 1. The van der Waals surface area contributed by atoms with Gasteiger partial charge in [-0.2, -0.15) is 0 Å². The number of halogens is 1. The van der Waals surface area contributed by atoms with Crippen LogP contribution in [-0.4, -0.2) is 23.2 Å². The number of ketones is 1. The van der Waals surface area contributed by atoms with E-state index in [4.69, 9.17) is 4.74 Å². The van der Waals surface area contributed by atoms with Crippen molar-refractivity contribution in [3.05, 3.63) is 0 Å². The number of fused-ring (bicyclic) bond motifs is 1. The van der Waals surface area contributed by atoms with Gasteiger partial charge in [0.05, 0.1) is 4.83 Å². The van der Waals surface area contributed by atoms with Gasteiger partial charge in [-0.15, -0.1) is 0 Å². The molecular formula is C12H17BrO3. The van der Waals surface area contributed by atoms with Crippen LogP contribution in [0.1, 0.15) is 32.6 Å². The molecule has 0 amide bonds. The maximum atomic E-state index is 11.5. The highest BCUT2D eigenvalue weighted by Crippen LogP contribution is 2.46. The highest BCUT2D eigenvalue weighted by molar-refractivity contribution is 9.09. The molecule has 2 aliphatic rings. The lowest BCUT2D eigenvalue weighted by Gasteiger charge is -2.45. The van der Waals surface area contributed by atoms with Crippen LogP contribution in [0, 0.1) is 17.8 Å². The monoisotopic (exact) mass is 288 g/mol. The van der Waals surface area contributed by atoms with E-state index < -0.39 is 0 Å². The smallest absolute Gasteiger partial charge is 0.293 e. The van der Waals surface area contributed by atoms with Crippen LogP contribution in [0.3, 0.4) is 0 Å². The Labute approximate surface area is 104 Å². The quantitative estimate of drug-likeness (QED) is 0.579. The molecule has 0 spiro atoms. The zero-order chi connectivity index (χ0) is 11.7. The van der Waals surface area contributed by atoms with Crippen LogP contribution in [0.4, 0.5) is 0 Å². The maximum absolute atomic E-state index is 11.5. The van der Waals surface area contributed by atoms with Crippen LogP contribution >= 0.6 is 15.9 Å². The average molecular weight is 289 g/mol. The average Bonchev–Trinajstić information content (AvgIpc) is 2.21. The van der Waals surface area contributed by atoms with Gasteiger partial charge in [-0.1, -0.05) is 22.9 Å². The summed E-state index contributed by atoms with van der Waals surface area (Å²) in [6.07, 6.45) is 3.24. The van der Waals surface area contributed by atoms with Crippen molar-refractivity contribution in [1.82, 2.24) is 0 Å². The lowest BCUT2D eigenvalue weighted by atomic mass is 9.65. The van der Waals surface area contributed by atoms with E-state index in [2.05, 4.69) is 22.9 Å². The Balaban J connectivity index is 2.10. The fourth-order valence-electron chi connectivity index (χ4n) is 3.34. The molecule has 0 saturated heterocycles. The molecule has 2 aliphatic carbocycles. The van der Waals surface area contributed by atoms with Gasteiger partial charge in [-0.25, -0.2) is 0 Å². The second-order valence-corrected chi connectivity index (χ2v) is 6.11. The van der Waals surface area contributed by atoms with E-state index in [1.807, 2.05) is 0 Å². The fraction of sp³-hybridized carbons (Fsp3) is 0.833. The number of carbonyl (C=O) groups excluding carboxylic acids is 2. The molecule has 16 heavy (non-hydrogen) atoms. The summed E-state index contributed by atoms with van der Waals surface area (Å²) in [6, 6.07) is 0. The SMILES string of the molecule is C[C@H]1CC(=O)CC2CCC(OC=O)C(Br)C21. The first kappa shape index (κ1) is 12.1. The standard InChI is InChI=1S/C12H17BrO3/c1-7-4-9(15)5-8-2-3-10(16-6-14)12(13)11(7)8/h6-8,10-12H,2-5H2,1H3/t7-,8?,10?,11?,12?/m0/s1. The largest absolute Gasteiger partial charge is 0.463 e. The van der Waals surface area contributed by atoms with Crippen molar-refractivity contribution in [3.63, 3.8) is 0 Å². The highest BCUT2D eigenvalue weighted by Gasteiger charge is 2.45. The maximum Gasteiger partial charge on any atom is 0.293 e. The Hall–Kier alpha value is -0.380. The first-order chi connectivity index (χ1) is 7.63. The summed E-state index contributed by atoms with van der Waals surface area (Å²) >= 11 is 3.66.